The van der Waals surface area contributed by atoms with Crippen molar-refractivity contribution >= 4 is 16.8 Å². The predicted molar refractivity (Wildman–Crippen MR) is 86.5 cm³/mol. The second-order valence-corrected chi connectivity index (χ2v) is 6.15. The van der Waals surface area contributed by atoms with Crippen LogP contribution in [-0.2, 0) is 0 Å². The number of para-hydroxylation sites is 1. The van der Waals surface area contributed by atoms with Crippen LogP contribution >= 0.6 is 0 Å². The topological polar surface area (TPSA) is 56.2 Å². The zero-order valence-electron chi connectivity index (χ0n) is 13.2. The van der Waals surface area contributed by atoms with E-state index < -0.39 is 0 Å². The van der Waals surface area contributed by atoms with E-state index in [1.807, 2.05) is 31.2 Å². The second kappa shape index (κ2) is 6.90. The molecule has 0 amide bonds. The molecule has 0 saturated heterocycles. The maximum atomic E-state index is 12.3. The fraction of sp³-hybridized carbons (Fsp3) is 0.500. The second-order valence-electron chi connectivity index (χ2n) is 6.15. The van der Waals surface area contributed by atoms with Gasteiger partial charge in [-0.15, -0.1) is 0 Å². The Morgan fingerprint density at radius 2 is 2.05 bits per heavy atom. The molecule has 0 aliphatic carbocycles. The Kier molecular flexibility index (Phi) is 5.18. The third-order valence-electron chi connectivity index (χ3n) is 4.24. The Morgan fingerprint density at radius 3 is 2.67 bits per heavy atom. The summed E-state index contributed by atoms with van der Waals surface area (Å²) >= 11 is 0. The van der Waals surface area contributed by atoms with E-state index in [-0.39, 0.29) is 5.78 Å². The van der Waals surface area contributed by atoms with Crippen molar-refractivity contribution < 1.29 is 9.21 Å². The monoisotopic (exact) mass is 287 g/mol. The first-order chi connectivity index (χ1) is 10.0. The number of Topliss-reactive ketones (excluding diaryl/α,β-unsaturated/α-hetero) is 1. The minimum Gasteiger partial charge on any atom is -0.453 e. The third kappa shape index (κ3) is 3.73. The van der Waals surface area contributed by atoms with Crippen molar-refractivity contribution in [1.82, 2.24) is 0 Å². The number of benzene rings is 1. The molecular formula is C18H25NO2. The lowest BCUT2D eigenvalue weighted by molar-refractivity contribution is 0.0944. The molecule has 0 fully saturated rings. The van der Waals surface area contributed by atoms with Crippen LogP contribution in [0.1, 0.15) is 49.2 Å². The van der Waals surface area contributed by atoms with Gasteiger partial charge in [0, 0.05) is 11.8 Å². The Balaban J connectivity index is 2.06. The fourth-order valence-electron chi connectivity index (χ4n) is 2.81. The van der Waals surface area contributed by atoms with Gasteiger partial charge in [-0.1, -0.05) is 32.0 Å². The molecule has 0 aliphatic rings. The first-order valence-electron chi connectivity index (χ1n) is 7.75. The average Bonchev–Trinajstić information content (AvgIpc) is 2.88. The summed E-state index contributed by atoms with van der Waals surface area (Å²) in [7, 11) is 0. The quantitative estimate of drug-likeness (QED) is 0.771. The maximum Gasteiger partial charge on any atom is 0.198 e. The Morgan fingerprint density at radius 1 is 1.29 bits per heavy atom. The van der Waals surface area contributed by atoms with E-state index in [1.54, 1.807) is 0 Å². The van der Waals surface area contributed by atoms with Crippen LogP contribution in [0.2, 0.25) is 0 Å². The summed E-state index contributed by atoms with van der Waals surface area (Å²) in [6.07, 6.45) is 2.38. The molecule has 2 rings (SSSR count). The van der Waals surface area contributed by atoms with Crippen molar-refractivity contribution in [2.45, 2.75) is 40.0 Å². The van der Waals surface area contributed by atoms with Gasteiger partial charge in [-0.25, -0.2) is 0 Å². The fourth-order valence-corrected chi connectivity index (χ4v) is 2.81. The molecule has 2 aromatic rings. The van der Waals surface area contributed by atoms with Crippen molar-refractivity contribution in [3.63, 3.8) is 0 Å². The molecule has 0 bridgehead atoms. The number of carbonyl (C=O) groups is 1. The molecule has 0 aliphatic heterocycles. The number of fused-ring (bicyclic) bond motifs is 1. The van der Waals surface area contributed by atoms with Crippen LogP contribution < -0.4 is 5.73 Å². The lowest BCUT2D eigenvalue weighted by Crippen LogP contribution is -2.15. The zero-order chi connectivity index (χ0) is 15.4. The lowest BCUT2D eigenvalue weighted by Gasteiger charge is -2.19. The highest BCUT2D eigenvalue weighted by molar-refractivity contribution is 5.98. The standard InChI is InChI=1S/C18H25NO2/c1-12(2)14(9-10-19)7-8-16(20)17-11-15-6-4-5-13(3)18(15)21-17/h4-6,11-12,14H,7-10,19H2,1-3H3. The Hall–Kier alpha value is -1.61. The van der Waals surface area contributed by atoms with E-state index in [2.05, 4.69) is 13.8 Å². The van der Waals surface area contributed by atoms with E-state index in [4.69, 9.17) is 10.2 Å². The molecule has 1 heterocycles. The molecule has 114 valence electrons. The summed E-state index contributed by atoms with van der Waals surface area (Å²) in [6, 6.07) is 7.82. The van der Waals surface area contributed by atoms with Crippen molar-refractivity contribution in [2.75, 3.05) is 6.54 Å². The van der Waals surface area contributed by atoms with Crippen LogP contribution in [0, 0.1) is 18.8 Å². The average molecular weight is 287 g/mol. The highest BCUT2D eigenvalue weighted by Crippen LogP contribution is 2.25. The molecule has 1 unspecified atom stereocenters. The molecule has 21 heavy (non-hydrogen) atoms. The zero-order valence-corrected chi connectivity index (χ0v) is 13.2. The van der Waals surface area contributed by atoms with Gasteiger partial charge in [0.2, 0.25) is 0 Å². The minimum atomic E-state index is 0.0910. The summed E-state index contributed by atoms with van der Waals surface area (Å²) in [5.74, 6) is 1.63. The smallest absolute Gasteiger partial charge is 0.198 e. The summed E-state index contributed by atoms with van der Waals surface area (Å²) in [5.41, 5.74) is 7.54. The van der Waals surface area contributed by atoms with Gasteiger partial charge in [0.15, 0.2) is 11.5 Å². The van der Waals surface area contributed by atoms with Crippen LogP contribution in [0.3, 0.4) is 0 Å². The number of ketones is 1. The first kappa shape index (κ1) is 15.8. The Labute approximate surface area is 126 Å². The number of hydrogen-bond acceptors (Lipinski definition) is 3. The number of carbonyl (C=O) groups excluding carboxylic acids is 1. The van der Waals surface area contributed by atoms with Gasteiger partial charge >= 0.3 is 0 Å². The number of aryl methyl sites for hydroxylation is 1. The normalized spacial score (nSPS) is 13.0. The SMILES string of the molecule is Cc1cccc2cc(C(=O)CCC(CCN)C(C)C)oc12. The predicted octanol–water partition coefficient (Wildman–Crippen LogP) is 4.33. The van der Waals surface area contributed by atoms with E-state index in [0.29, 0.717) is 30.6 Å². The molecule has 3 nitrogen and oxygen atoms in total. The molecule has 3 heteroatoms. The van der Waals surface area contributed by atoms with E-state index >= 15 is 0 Å². The highest BCUT2D eigenvalue weighted by Gasteiger charge is 2.18. The minimum absolute atomic E-state index is 0.0910. The van der Waals surface area contributed by atoms with Crippen molar-refractivity contribution in [1.29, 1.82) is 0 Å². The van der Waals surface area contributed by atoms with Crippen LogP contribution in [0.15, 0.2) is 28.7 Å². The van der Waals surface area contributed by atoms with Crippen molar-refractivity contribution in [2.24, 2.45) is 17.6 Å². The largest absolute Gasteiger partial charge is 0.453 e. The molecule has 0 spiro atoms. The summed E-state index contributed by atoms with van der Waals surface area (Å²) in [6.45, 7) is 7.06. The summed E-state index contributed by atoms with van der Waals surface area (Å²) in [4.78, 5) is 12.3. The number of rotatable bonds is 7. The van der Waals surface area contributed by atoms with Gasteiger partial charge in [-0.3, -0.25) is 4.79 Å². The van der Waals surface area contributed by atoms with Gasteiger partial charge in [0.25, 0.3) is 0 Å². The lowest BCUT2D eigenvalue weighted by atomic mass is 9.87. The molecular weight excluding hydrogens is 262 g/mol. The van der Waals surface area contributed by atoms with Gasteiger partial charge in [0.05, 0.1) is 0 Å². The van der Waals surface area contributed by atoms with E-state index in [0.717, 1.165) is 29.4 Å². The highest BCUT2D eigenvalue weighted by atomic mass is 16.3. The van der Waals surface area contributed by atoms with Crippen LogP contribution in [0.5, 0.6) is 0 Å². The molecule has 1 aromatic carbocycles. The molecule has 1 atom stereocenters. The third-order valence-corrected chi connectivity index (χ3v) is 4.24. The molecule has 1 aromatic heterocycles. The van der Waals surface area contributed by atoms with Gasteiger partial charge in [-0.05, 0) is 49.8 Å². The molecule has 2 N–H and O–H groups in total. The van der Waals surface area contributed by atoms with Gasteiger partial charge in [0.1, 0.15) is 5.58 Å². The number of furan rings is 1. The van der Waals surface area contributed by atoms with Gasteiger partial charge < -0.3 is 10.2 Å². The number of nitrogens with two attached hydrogens (primary N) is 1. The van der Waals surface area contributed by atoms with E-state index in [1.165, 1.54) is 0 Å². The Bertz CT molecular complexity index is 613. The summed E-state index contributed by atoms with van der Waals surface area (Å²) in [5, 5.41) is 1.00. The van der Waals surface area contributed by atoms with Crippen molar-refractivity contribution in [3.8, 4) is 0 Å². The van der Waals surface area contributed by atoms with Crippen LogP contribution in [0.4, 0.5) is 0 Å². The van der Waals surface area contributed by atoms with Crippen molar-refractivity contribution in [3.05, 3.63) is 35.6 Å². The maximum absolute atomic E-state index is 12.3. The van der Waals surface area contributed by atoms with E-state index in [9.17, 15) is 4.79 Å². The molecule has 0 radical (unpaired) electrons. The summed E-state index contributed by atoms with van der Waals surface area (Å²) < 4.78 is 5.74. The first-order valence-corrected chi connectivity index (χ1v) is 7.75. The van der Waals surface area contributed by atoms with Gasteiger partial charge in [-0.2, -0.15) is 0 Å². The molecule has 0 saturated carbocycles. The van der Waals surface area contributed by atoms with Crippen LogP contribution in [0.25, 0.3) is 11.0 Å². The van der Waals surface area contributed by atoms with Crippen LogP contribution in [-0.4, -0.2) is 12.3 Å². The number of hydrogen-bond donors (Lipinski definition) is 1.